The fraction of sp³-hybridized carbons (Fsp3) is 0.462. The average molecular weight is 518 g/mol. The zero-order valence-corrected chi connectivity index (χ0v) is 21.3. The van der Waals surface area contributed by atoms with Gasteiger partial charge >= 0.3 is 17.6 Å². The van der Waals surface area contributed by atoms with Crippen LogP contribution in [0.2, 0.25) is 5.02 Å². The second kappa shape index (κ2) is 9.97. The lowest BCUT2D eigenvalue weighted by Gasteiger charge is -2.28. The number of carbonyl (C=O) groups excluding carboxylic acids is 2. The van der Waals surface area contributed by atoms with Crippen molar-refractivity contribution in [3.63, 3.8) is 0 Å². The molecule has 36 heavy (non-hydrogen) atoms. The van der Waals surface area contributed by atoms with Gasteiger partial charge in [0.25, 0.3) is 0 Å². The maximum atomic E-state index is 12.6. The highest BCUT2D eigenvalue weighted by Crippen LogP contribution is 2.56. The Labute approximate surface area is 213 Å². The van der Waals surface area contributed by atoms with Gasteiger partial charge in [-0.05, 0) is 71.1 Å². The molecule has 10 heteroatoms. The van der Waals surface area contributed by atoms with E-state index in [4.69, 9.17) is 30.5 Å². The summed E-state index contributed by atoms with van der Waals surface area (Å²) in [4.78, 5) is 36.3. The monoisotopic (exact) mass is 517 g/mol. The summed E-state index contributed by atoms with van der Waals surface area (Å²) in [6, 6.07) is 5.50. The molecule has 2 aliphatic rings. The number of halogens is 1. The Morgan fingerprint density at radius 1 is 1.19 bits per heavy atom. The number of rotatable bonds is 7. The van der Waals surface area contributed by atoms with Crippen molar-refractivity contribution in [1.82, 2.24) is 0 Å². The zero-order valence-electron chi connectivity index (χ0n) is 20.6. The molecular formula is C26H28ClNO8. The lowest BCUT2D eigenvalue weighted by molar-refractivity contribution is -0.385. The largest absolute Gasteiger partial charge is 0.493 e. The normalized spacial score (nSPS) is 17.0. The lowest BCUT2D eigenvalue weighted by Crippen LogP contribution is -2.24. The number of nitro benzene ring substituents is 1. The van der Waals surface area contributed by atoms with Crippen LogP contribution in [0.1, 0.15) is 80.3 Å². The highest BCUT2D eigenvalue weighted by atomic mass is 35.5. The Kier molecular flexibility index (Phi) is 7.13. The molecule has 1 saturated carbocycles. The number of hydrogen-bond donors (Lipinski definition) is 0. The topological polar surface area (TPSA) is 114 Å². The van der Waals surface area contributed by atoms with E-state index in [1.165, 1.54) is 12.1 Å². The van der Waals surface area contributed by atoms with Gasteiger partial charge in [0.2, 0.25) is 5.75 Å². The second-order valence-corrected chi connectivity index (χ2v) is 10.2. The molecule has 192 valence electrons. The summed E-state index contributed by atoms with van der Waals surface area (Å²) in [6.07, 6.45) is 2.20. The third kappa shape index (κ3) is 5.41. The van der Waals surface area contributed by atoms with Gasteiger partial charge in [-0.2, -0.15) is 0 Å². The van der Waals surface area contributed by atoms with E-state index < -0.39 is 28.1 Å². The first-order valence-electron chi connectivity index (χ1n) is 11.9. The first-order chi connectivity index (χ1) is 17.0. The van der Waals surface area contributed by atoms with E-state index in [0.29, 0.717) is 29.9 Å². The van der Waals surface area contributed by atoms with Crippen LogP contribution in [0.4, 0.5) is 5.69 Å². The Morgan fingerprint density at radius 2 is 1.92 bits per heavy atom. The van der Waals surface area contributed by atoms with E-state index in [0.717, 1.165) is 18.9 Å². The van der Waals surface area contributed by atoms with Crippen molar-refractivity contribution in [2.24, 2.45) is 0 Å². The number of nitrogens with zero attached hydrogens (tertiary/aromatic N) is 1. The molecule has 2 aromatic carbocycles. The van der Waals surface area contributed by atoms with Gasteiger partial charge in [0.1, 0.15) is 11.4 Å². The molecule has 0 radical (unpaired) electrons. The van der Waals surface area contributed by atoms with Crippen LogP contribution in [0.5, 0.6) is 17.2 Å². The first-order valence-corrected chi connectivity index (χ1v) is 12.2. The number of ether oxygens (including phenoxy) is 4. The van der Waals surface area contributed by atoms with Crippen molar-refractivity contribution in [1.29, 1.82) is 0 Å². The van der Waals surface area contributed by atoms with E-state index in [1.54, 1.807) is 33.8 Å². The molecule has 1 aliphatic carbocycles. The van der Waals surface area contributed by atoms with Crippen LogP contribution >= 0.6 is 11.6 Å². The SMILES string of the molecule is CCOC(=O)C1CCOc2c1cc(Cl)c(Oc1ccc(C(=O)OC(C)(C)C)cc1[N+](=O)[O-])c2C1CC1. The van der Waals surface area contributed by atoms with E-state index in [9.17, 15) is 19.7 Å². The van der Waals surface area contributed by atoms with Gasteiger partial charge < -0.3 is 18.9 Å². The smallest absolute Gasteiger partial charge is 0.338 e. The fourth-order valence-electron chi connectivity index (χ4n) is 4.16. The van der Waals surface area contributed by atoms with Gasteiger partial charge in [0.05, 0.1) is 34.6 Å². The second-order valence-electron chi connectivity index (χ2n) is 9.78. The third-order valence-corrected chi connectivity index (χ3v) is 6.12. The Morgan fingerprint density at radius 3 is 2.53 bits per heavy atom. The van der Waals surface area contributed by atoms with Gasteiger partial charge in [-0.3, -0.25) is 14.9 Å². The van der Waals surface area contributed by atoms with Crippen LogP contribution in [0.25, 0.3) is 0 Å². The molecule has 0 aromatic heterocycles. The molecule has 1 aliphatic heterocycles. The van der Waals surface area contributed by atoms with Gasteiger partial charge in [0, 0.05) is 17.2 Å². The zero-order chi connectivity index (χ0) is 26.2. The molecule has 0 spiro atoms. The number of nitro groups is 1. The number of fused-ring (bicyclic) bond motifs is 1. The summed E-state index contributed by atoms with van der Waals surface area (Å²) in [6.45, 7) is 7.47. The molecule has 9 nitrogen and oxygen atoms in total. The van der Waals surface area contributed by atoms with Crippen LogP contribution in [0.15, 0.2) is 24.3 Å². The Balaban J connectivity index is 1.75. The minimum atomic E-state index is -0.752. The molecule has 1 heterocycles. The minimum Gasteiger partial charge on any atom is -0.493 e. The Hall–Kier alpha value is -3.33. The number of esters is 2. The molecular weight excluding hydrogens is 490 g/mol. The summed E-state index contributed by atoms with van der Waals surface area (Å²) < 4.78 is 22.6. The van der Waals surface area contributed by atoms with Crippen LogP contribution < -0.4 is 9.47 Å². The average Bonchev–Trinajstić information content (AvgIpc) is 3.63. The standard InChI is InChI=1S/C26H28ClNO8/c1-5-33-25(30)16-10-11-34-22-17(16)13-18(27)23(21(22)14-6-7-14)35-20-9-8-15(12-19(20)28(31)32)24(29)36-26(2,3)4/h8-9,12-14,16H,5-7,10-11H2,1-4H3. The van der Waals surface area contributed by atoms with E-state index in [-0.39, 0.29) is 40.6 Å². The first kappa shape index (κ1) is 25.8. The Bertz CT molecular complexity index is 1220. The predicted octanol–water partition coefficient (Wildman–Crippen LogP) is 6.30. The van der Waals surface area contributed by atoms with Crippen molar-refractivity contribution in [2.75, 3.05) is 13.2 Å². The number of benzene rings is 2. The molecule has 0 amide bonds. The third-order valence-electron chi connectivity index (χ3n) is 5.84. The summed E-state index contributed by atoms with van der Waals surface area (Å²) in [5.41, 5.74) is 0.201. The molecule has 2 aromatic rings. The van der Waals surface area contributed by atoms with Crippen molar-refractivity contribution >= 4 is 29.2 Å². The van der Waals surface area contributed by atoms with E-state index in [1.807, 2.05) is 0 Å². The minimum absolute atomic E-state index is 0.0311. The molecule has 1 unspecified atom stereocenters. The molecule has 1 atom stereocenters. The number of hydrogen-bond acceptors (Lipinski definition) is 8. The van der Waals surface area contributed by atoms with Gasteiger partial charge in [-0.15, -0.1) is 0 Å². The van der Waals surface area contributed by atoms with Crippen molar-refractivity contribution in [3.05, 3.63) is 56.1 Å². The molecule has 4 rings (SSSR count). The van der Waals surface area contributed by atoms with E-state index >= 15 is 0 Å². The quantitative estimate of drug-likeness (QED) is 0.238. The summed E-state index contributed by atoms with van der Waals surface area (Å²) in [7, 11) is 0. The molecule has 1 fully saturated rings. The molecule has 0 N–H and O–H groups in total. The predicted molar refractivity (Wildman–Crippen MR) is 131 cm³/mol. The van der Waals surface area contributed by atoms with Gasteiger partial charge in [-0.25, -0.2) is 4.79 Å². The molecule has 0 saturated heterocycles. The maximum absolute atomic E-state index is 12.6. The van der Waals surface area contributed by atoms with Crippen LogP contribution in [-0.2, 0) is 14.3 Å². The van der Waals surface area contributed by atoms with Crippen molar-refractivity contribution < 1.29 is 33.5 Å². The lowest BCUT2D eigenvalue weighted by atomic mass is 9.89. The van der Waals surface area contributed by atoms with Crippen LogP contribution in [-0.4, -0.2) is 35.7 Å². The van der Waals surface area contributed by atoms with Crippen molar-refractivity contribution in [2.45, 2.75) is 64.4 Å². The molecule has 0 bridgehead atoms. The maximum Gasteiger partial charge on any atom is 0.338 e. The van der Waals surface area contributed by atoms with Crippen molar-refractivity contribution in [3.8, 4) is 17.2 Å². The van der Waals surface area contributed by atoms with Crippen LogP contribution in [0, 0.1) is 10.1 Å². The summed E-state index contributed by atoms with van der Waals surface area (Å²) in [5.74, 6) is -0.754. The van der Waals surface area contributed by atoms with Gasteiger partial charge in [0.15, 0.2) is 5.75 Å². The number of carbonyl (C=O) groups is 2. The van der Waals surface area contributed by atoms with Crippen LogP contribution in [0.3, 0.4) is 0 Å². The summed E-state index contributed by atoms with van der Waals surface area (Å²) in [5, 5.41) is 12.1. The van der Waals surface area contributed by atoms with E-state index in [2.05, 4.69) is 0 Å². The van der Waals surface area contributed by atoms with Gasteiger partial charge in [-0.1, -0.05) is 11.6 Å². The fourth-order valence-corrected chi connectivity index (χ4v) is 4.42. The highest BCUT2D eigenvalue weighted by Gasteiger charge is 2.39. The summed E-state index contributed by atoms with van der Waals surface area (Å²) >= 11 is 6.64. The highest BCUT2D eigenvalue weighted by molar-refractivity contribution is 6.32.